The second-order valence-corrected chi connectivity index (χ2v) is 5.35. The molecule has 1 unspecified atom stereocenters. The molecule has 6 nitrogen and oxygen atoms in total. The van der Waals surface area contributed by atoms with Gasteiger partial charge in [-0.2, -0.15) is 0 Å². The monoisotopic (exact) mass is 322 g/mol. The number of nitrogens with zero attached hydrogens (tertiary/aromatic N) is 1. The molecule has 0 radical (unpaired) electrons. The van der Waals surface area contributed by atoms with Gasteiger partial charge < -0.3 is 19.9 Å². The van der Waals surface area contributed by atoms with Crippen LogP contribution < -0.4 is 15.0 Å². The first-order valence-corrected chi connectivity index (χ1v) is 8.12. The van der Waals surface area contributed by atoms with Gasteiger partial charge in [-0.1, -0.05) is 12.1 Å². The molecule has 23 heavy (non-hydrogen) atoms. The maximum absolute atomic E-state index is 12.2. The Morgan fingerprint density at radius 2 is 1.78 bits per heavy atom. The Morgan fingerprint density at radius 1 is 1.13 bits per heavy atom. The third-order valence-corrected chi connectivity index (χ3v) is 3.49. The van der Waals surface area contributed by atoms with Crippen LogP contribution in [0.4, 0.5) is 5.69 Å². The first-order chi connectivity index (χ1) is 11.0. The molecule has 1 aromatic rings. The van der Waals surface area contributed by atoms with Crippen LogP contribution in [-0.4, -0.2) is 56.5 Å². The molecule has 0 spiro atoms. The van der Waals surface area contributed by atoms with Crippen molar-refractivity contribution in [2.24, 2.45) is 0 Å². The van der Waals surface area contributed by atoms with Crippen LogP contribution in [0.3, 0.4) is 0 Å². The van der Waals surface area contributed by atoms with Crippen LogP contribution in [0.1, 0.15) is 20.8 Å². The fraction of sp³-hybridized carbons (Fsp3) is 0.529. The number of anilines is 1. The fourth-order valence-electron chi connectivity index (χ4n) is 2.33. The summed E-state index contributed by atoms with van der Waals surface area (Å²) in [5.41, 5.74) is 0.655. The van der Waals surface area contributed by atoms with Crippen molar-refractivity contribution in [3.05, 3.63) is 24.3 Å². The second kappa shape index (κ2) is 9.84. The number of nitrogens with one attached hydrogen (secondary N) is 2. The Hall–Kier alpha value is -2.08. The van der Waals surface area contributed by atoms with Gasteiger partial charge in [-0.25, -0.2) is 0 Å². The van der Waals surface area contributed by atoms with Gasteiger partial charge in [0.15, 0.2) is 13.1 Å². The van der Waals surface area contributed by atoms with Crippen molar-refractivity contribution in [2.45, 2.75) is 20.8 Å². The molecule has 0 saturated heterocycles. The van der Waals surface area contributed by atoms with E-state index < -0.39 is 0 Å². The molecule has 2 amide bonds. The maximum atomic E-state index is 12.2. The van der Waals surface area contributed by atoms with Gasteiger partial charge in [0.05, 0.1) is 19.3 Å². The molecule has 1 atom stereocenters. The number of quaternary nitrogens is 1. The molecule has 0 aliphatic carbocycles. The average Bonchev–Trinajstić information content (AvgIpc) is 2.50. The highest BCUT2D eigenvalue weighted by Crippen LogP contribution is 2.23. The van der Waals surface area contributed by atoms with Crippen LogP contribution in [0.15, 0.2) is 24.3 Å². The number of carbonyl (C=O) groups excluding carboxylic acids is 2. The standard InChI is InChI=1S/C17H27N3O3/c1-5-20(6-2)17(22)13-19(4)12-16(21)18-14-10-8-9-11-15(14)23-7-3/h8-11H,5-7,12-13H2,1-4H3,(H,18,21)/p+1. The van der Waals surface area contributed by atoms with Crippen molar-refractivity contribution in [3.63, 3.8) is 0 Å². The number of para-hydroxylation sites is 2. The Balaban J connectivity index is 2.55. The predicted octanol–water partition coefficient (Wildman–Crippen LogP) is 0.407. The largest absolute Gasteiger partial charge is 0.492 e. The minimum absolute atomic E-state index is 0.0648. The van der Waals surface area contributed by atoms with E-state index in [4.69, 9.17) is 4.74 Å². The van der Waals surface area contributed by atoms with Crippen molar-refractivity contribution in [2.75, 3.05) is 45.2 Å². The third-order valence-electron chi connectivity index (χ3n) is 3.49. The van der Waals surface area contributed by atoms with Gasteiger partial charge in [-0.15, -0.1) is 0 Å². The van der Waals surface area contributed by atoms with E-state index in [1.807, 2.05) is 46.0 Å². The Morgan fingerprint density at radius 3 is 2.39 bits per heavy atom. The molecule has 0 aliphatic rings. The molecule has 0 fully saturated rings. The van der Waals surface area contributed by atoms with E-state index in [1.54, 1.807) is 11.0 Å². The number of ether oxygens (including phenoxy) is 1. The fourth-order valence-corrected chi connectivity index (χ4v) is 2.33. The van der Waals surface area contributed by atoms with Gasteiger partial charge >= 0.3 is 0 Å². The summed E-state index contributed by atoms with van der Waals surface area (Å²) < 4.78 is 5.49. The number of amides is 2. The summed E-state index contributed by atoms with van der Waals surface area (Å²) in [6.07, 6.45) is 0. The molecule has 0 saturated carbocycles. The smallest absolute Gasteiger partial charge is 0.279 e. The lowest BCUT2D eigenvalue weighted by molar-refractivity contribution is -0.862. The first-order valence-electron chi connectivity index (χ1n) is 8.12. The molecule has 6 heteroatoms. The Bertz CT molecular complexity index is 516. The lowest BCUT2D eigenvalue weighted by Gasteiger charge is -2.21. The number of carbonyl (C=O) groups is 2. The number of hydrogen-bond donors (Lipinski definition) is 2. The van der Waals surface area contributed by atoms with Crippen LogP contribution in [0.5, 0.6) is 5.75 Å². The molecule has 0 aromatic heterocycles. The zero-order valence-corrected chi connectivity index (χ0v) is 14.5. The summed E-state index contributed by atoms with van der Waals surface area (Å²) in [4.78, 5) is 26.8. The molecule has 2 N–H and O–H groups in total. The molecular formula is C17H28N3O3+. The van der Waals surface area contributed by atoms with Crippen LogP contribution in [0.25, 0.3) is 0 Å². The average molecular weight is 322 g/mol. The van der Waals surface area contributed by atoms with Crippen molar-refractivity contribution in [1.29, 1.82) is 0 Å². The lowest BCUT2D eigenvalue weighted by Crippen LogP contribution is -3.11. The number of rotatable bonds is 9. The Labute approximate surface area is 138 Å². The quantitative estimate of drug-likeness (QED) is 0.692. The minimum Gasteiger partial charge on any atom is -0.492 e. The number of likely N-dealkylation sites (N-methyl/N-ethyl adjacent to an activating group) is 2. The van der Waals surface area contributed by atoms with E-state index in [0.717, 1.165) is 4.90 Å². The molecular weight excluding hydrogens is 294 g/mol. The topological polar surface area (TPSA) is 63.1 Å². The van der Waals surface area contributed by atoms with E-state index >= 15 is 0 Å². The van der Waals surface area contributed by atoms with E-state index in [-0.39, 0.29) is 18.4 Å². The summed E-state index contributed by atoms with van der Waals surface area (Å²) in [5, 5.41) is 2.85. The van der Waals surface area contributed by atoms with E-state index in [1.165, 1.54) is 0 Å². The van der Waals surface area contributed by atoms with Crippen molar-refractivity contribution in [3.8, 4) is 5.75 Å². The summed E-state index contributed by atoms with van der Waals surface area (Å²) >= 11 is 0. The summed E-state index contributed by atoms with van der Waals surface area (Å²) in [7, 11) is 1.84. The van der Waals surface area contributed by atoms with Crippen molar-refractivity contribution >= 4 is 17.5 Å². The zero-order valence-electron chi connectivity index (χ0n) is 14.5. The predicted molar refractivity (Wildman–Crippen MR) is 90.8 cm³/mol. The summed E-state index contributed by atoms with van der Waals surface area (Å²) in [6.45, 7) is 8.26. The van der Waals surface area contributed by atoms with Gasteiger partial charge in [0, 0.05) is 13.1 Å². The summed E-state index contributed by atoms with van der Waals surface area (Å²) in [5.74, 6) is 0.581. The third kappa shape index (κ3) is 6.28. The van der Waals surface area contributed by atoms with Crippen molar-refractivity contribution in [1.82, 2.24) is 4.90 Å². The van der Waals surface area contributed by atoms with E-state index in [0.29, 0.717) is 37.7 Å². The minimum atomic E-state index is -0.137. The van der Waals surface area contributed by atoms with E-state index in [9.17, 15) is 9.59 Å². The molecule has 0 bridgehead atoms. The molecule has 1 aromatic carbocycles. The molecule has 128 valence electrons. The number of benzene rings is 1. The number of hydrogen-bond acceptors (Lipinski definition) is 3. The SMILES string of the molecule is CCOc1ccccc1NC(=O)C[NH+](C)CC(=O)N(CC)CC. The molecule has 0 aliphatic heterocycles. The van der Waals surface area contributed by atoms with Gasteiger partial charge in [0.2, 0.25) is 0 Å². The second-order valence-electron chi connectivity index (χ2n) is 5.35. The lowest BCUT2D eigenvalue weighted by atomic mass is 10.3. The van der Waals surface area contributed by atoms with Crippen LogP contribution in [0, 0.1) is 0 Å². The normalized spacial score (nSPS) is 11.7. The van der Waals surface area contributed by atoms with Crippen LogP contribution in [0.2, 0.25) is 0 Å². The van der Waals surface area contributed by atoms with E-state index in [2.05, 4.69) is 5.32 Å². The zero-order chi connectivity index (χ0) is 17.2. The van der Waals surface area contributed by atoms with Gasteiger partial charge in [0.1, 0.15) is 5.75 Å². The van der Waals surface area contributed by atoms with Gasteiger partial charge in [0.25, 0.3) is 11.8 Å². The first kappa shape index (κ1) is 19.0. The molecule has 1 rings (SSSR count). The van der Waals surface area contributed by atoms with Crippen molar-refractivity contribution < 1.29 is 19.2 Å². The van der Waals surface area contributed by atoms with Gasteiger partial charge in [-0.05, 0) is 32.9 Å². The molecule has 0 heterocycles. The van der Waals surface area contributed by atoms with Crippen LogP contribution in [-0.2, 0) is 9.59 Å². The highest BCUT2D eigenvalue weighted by Gasteiger charge is 2.18. The van der Waals surface area contributed by atoms with Gasteiger partial charge in [-0.3, -0.25) is 9.59 Å². The highest BCUT2D eigenvalue weighted by molar-refractivity contribution is 5.93. The summed E-state index contributed by atoms with van der Waals surface area (Å²) in [6, 6.07) is 7.33. The maximum Gasteiger partial charge on any atom is 0.279 e. The highest BCUT2D eigenvalue weighted by atomic mass is 16.5. The van der Waals surface area contributed by atoms with Crippen LogP contribution >= 0.6 is 0 Å². The Kier molecular flexibility index (Phi) is 8.11.